The third-order valence-corrected chi connectivity index (χ3v) is 3.56. The molecule has 0 unspecified atom stereocenters. The van der Waals surface area contributed by atoms with Gasteiger partial charge in [0.1, 0.15) is 5.00 Å². The van der Waals surface area contributed by atoms with Crippen molar-refractivity contribution < 1.29 is 14.7 Å². The Kier molecular flexibility index (Phi) is 2.42. The van der Waals surface area contributed by atoms with E-state index in [2.05, 4.69) is 14.9 Å². The molecule has 0 radical (unpaired) electrons. The number of carboxylic acid groups (broad SMARTS) is 1. The van der Waals surface area contributed by atoms with E-state index in [1.807, 2.05) is 0 Å². The molecule has 86 valence electrons. The van der Waals surface area contributed by atoms with E-state index < -0.39 is 23.2 Å². The lowest BCUT2D eigenvalue weighted by atomic mass is 10.1. The van der Waals surface area contributed by atoms with Crippen LogP contribution < -0.4 is 5.32 Å². The smallest absolute Gasteiger partial charge is 0.307 e. The summed E-state index contributed by atoms with van der Waals surface area (Å²) in [6, 6.07) is 0. The average molecular weight is 241 g/mol. The minimum absolute atomic E-state index is 0.275. The molecule has 1 aliphatic carbocycles. The normalized spacial score (nSPS) is 26.1. The van der Waals surface area contributed by atoms with E-state index in [0.717, 1.165) is 11.5 Å². The quantitative estimate of drug-likeness (QED) is 0.817. The molecule has 16 heavy (non-hydrogen) atoms. The molecule has 1 fully saturated rings. The van der Waals surface area contributed by atoms with Gasteiger partial charge in [0.05, 0.1) is 18.0 Å². The maximum atomic E-state index is 11.8. The molecule has 2 atom stereocenters. The third kappa shape index (κ3) is 1.67. The summed E-state index contributed by atoms with van der Waals surface area (Å²) in [4.78, 5) is 22.7. The van der Waals surface area contributed by atoms with Gasteiger partial charge in [-0.25, -0.2) is 0 Å². The van der Waals surface area contributed by atoms with Crippen molar-refractivity contribution in [3.8, 4) is 0 Å². The lowest BCUT2D eigenvalue weighted by Gasteiger charge is -2.01. The number of hydrogen-bond acceptors (Lipinski definition) is 5. The Morgan fingerprint density at radius 1 is 1.50 bits per heavy atom. The minimum Gasteiger partial charge on any atom is -0.481 e. The van der Waals surface area contributed by atoms with Gasteiger partial charge in [0.25, 0.3) is 0 Å². The van der Waals surface area contributed by atoms with E-state index >= 15 is 0 Å². The summed E-state index contributed by atoms with van der Waals surface area (Å²) < 4.78 is 3.61. The van der Waals surface area contributed by atoms with Gasteiger partial charge in [0, 0.05) is 11.5 Å². The number of carboxylic acids is 1. The van der Waals surface area contributed by atoms with Gasteiger partial charge in [-0.3, -0.25) is 9.59 Å². The molecule has 2 rings (SSSR count). The van der Waals surface area contributed by atoms with Crippen LogP contribution in [0.25, 0.3) is 0 Å². The Hall–Kier alpha value is -1.50. The number of amides is 1. The number of carbonyl (C=O) groups is 2. The zero-order chi connectivity index (χ0) is 11.9. The molecule has 1 amide bonds. The van der Waals surface area contributed by atoms with Crippen LogP contribution in [0.3, 0.4) is 0 Å². The Balaban J connectivity index is 2.05. The zero-order valence-electron chi connectivity index (χ0n) is 8.80. The first kappa shape index (κ1) is 11.0. The second-order valence-corrected chi connectivity index (χ2v) is 5.17. The van der Waals surface area contributed by atoms with Crippen LogP contribution >= 0.6 is 11.5 Å². The third-order valence-electron chi connectivity index (χ3n) is 2.98. The van der Waals surface area contributed by atoms with Gasteiger partial charge in [-0.1, -0.05) is 18.3 Å². The van der Waals surface area contributed by atoms with Crippen LogP contribution in [-0.4, -0.2) is 26.6 Å². The highest BCUT2D eigenvalue weighted by Crippen LogP contribution is 2.58. The van der Waals surface area contributed by atoms with Crippen molar-refractivity contribution in [3.63, 3.8) is 0 Å². The molecule has 1 aromatic rings. The summed E-state index contributed by atoms with van der Waals surface area (Å²) in [6.45, 7) is 3.56. The number of rotatable bonds is 3. The van der Waals surface area contributed by atoms with Crippen molar-refractivity contribution in [2.24, 2.45) is 17.3 Å². The summed E-state index contributed by atoms with van der Waals surface area (Å²) in [7, 11) is 0. The summed E-state index contributed by atoms with van der Waals surface area (Å²) in [5, 5.41) is 15.7. The fourth-order valence-corrected chi connectivity index (χ4v) is 2.43. The Morgan fingerprint density at radius 2 is 2.19 bits per heavy atom. The number of aliphatic carboxylic acids is 1. The highest BCUT2D eigenvalue weighted by molar-refractivity contribution is 7.10. The molecule has 1 heterocycles. The first-order chi connectivity index (χ1) is 7.44. The van der Waals surface area contributed by atoms with Gasteiger partial charge >= 0.3 is 5.97 Å². The number of aromatic nitrogens is 2. The number of anilines is 1. The second kappa shape index (κ2) is 3.51. The van der Waals surface area contributed by atoms with Gasteiger partial charge in [0.15, 0.2) is 0 Å². The van der Waals surface area contributed by atoms with Crippen LogP contribution in [-0.2, 0) is 9.59 Å². The van der Waals surface area contributed by atoms with Crippen LogP contribution in [0.5, 0.6) is 0 Å². The van der Waals surface area contributed by atoms with Crippen LogP contribution in [0.1, 0.15) is 13.8 Å². The lowest BCUT2D eigenvalue weighted by molar-refractivity contribution is -0.140. The number of nitrogens with zero attached hydrogens (tertiary/aromatic N) is 2. The standard InChI is InChI=1S/C9H11N3O3S/c1-9(2)5(6(9)8(14)15)7(13)11-4-3-10-12-16-4/h3,5-6H,1-2H3,(H,11,13)(H,14,15)/t5-,6+/m1/s1. The second-order valence-electron chi connectivity index (χ2n) is 4.39. The molecule has 1 saturated carbocycles. The molecular weight excluding hydrogens is 230 g/mol. The van der Waals surface area contributed by atoms with Crippen molar-refractivity contribution in [1.82, 2.24) is 9.59 Å². The monoisotopic (exact) mass is 241 g/mol. The Bertz CT molecular complexity index is 429. The van der Waals surface area contributed by atoms with Crippen molar-refractivity contribution in [1.29, 1.82) is 0 Å². The highest BCUT2D eigenvalue weighted by Gasteiger charge is 2.65. The molecule has 0 saturated heterocycles. The van der Waals surface area contributed by atoms with E-state index in [-0.39, 0.29) is 5.91 Å². The van der Waals surface area contributed by atoms with Crippen LogP contribution in [0.2, 0.25) is 0 Å². The van der Waals surface area contributed by atoms with Gasteiger partial charge in [0.2, 0.25) is 5.91 Å². The largest absolute Gasteiger partial charge is 0.481 e. The van der Waals surface area contributed by atoms with E-state index in [1.165, 1.54) is 6.20 Å². The minimum atomic E-state index is -0.924. The fourth-order valence-electron chi connectivity index (χ4n) is 2.01. The van der Waals surface area contributed by atoms with Crippen molar-refractivity contribution in [2.75, 3.05) is 5.32 Å². The predicted octanol–water partition coefficient (Wildman–Crippen LogP) is 0.833. The topological polar surface area (TPSA) is 92.2 Å². The molecule has 7 heteroatoms. The molecule has 0 aliphatic heterocycles. The van der Waals surface area contributed by atoms with E-state index in [9.17, 15) is 9.59 Å². The first-order valence-electron chi connectivity index (χ1n) is 4.75. The van der Waals surface area contributed by atoms with Crippen molar-refractivity contribution in [2.45, 2.75) is 13.8 Å². The van der Waals surface area contributed by atoms with Crippen molar-refractivity contribution >= 4 is 28.4 Å². The van der Waals surface area contributed by atoms with E-state index in [4.69, 9.17) is 5.11 Å². The highest BCUT2D eigenvalue weighted by atomic mass is 32.1. The number of carbonyl (C=O) groups excluding carboxylic acids is 1. The SMILES string of the molecule is CC1(C)[C@H](C(=O)O)[C@@H]1C(=O)Nc1cnns1. The zero-order valence-corrected chi connectivity index (χ0v) is 9.61. The van der Waals surface area contributed by atoms with Crippen LogP contribution in [0, 0.1) is 17.3 Å². The first-order valence-corrected chi connectivity index (χ1v) is 5.53. The van der Waals surface area contributed by atoms with Crippen molar-refractivity contribution in [3.05, 3.63) is 6.20 Å². The molecular formula is C9H11N3O3S. The van der Waals surface area contributed by atoms with Gasteiger partial charge in [-0.2, -0.15) is 0 Å². The van der Waals surface area contributed by atoms with Crippen LogP contribution in [0.4, 0.5) is 5.00 Å². The lowest BCUT2D eigenvalue weighted by Crippen LogP contribution is -2.17. The van der Waals surface area contributed by atoms with Gasteiger partial charge < -0.3 is 10.4 Å². The average Bonchev–Trinajstić information content (AvgIpc) is 2.58. The molecule has 2 N–H and O–H groups in total. The summed E-state index contributed by atoms with van der Waals surface area (Å²) in [6.07, 6.45) is 1.44. The Morgan fingerprint density at radius 3 is 2.62 bits per heavy atom. The van der Waals surface area contributed by atoms with Gasteiger partial charge in [-0.05, 0) is 5.41 Å². The molecule has 0 spiro atoms. The number of hydrogen-bond donors (Lipinski definition) is 2. The Labute approximate surface area is 95.8 Å². The summed E-state index contributed by atoms with van der Waals surface area (Å²) >= 11 is 1.07. The molecule has 1 aliphatic rings. The molecule has 0 aromatic carbocycles. The fraction of sp³-hybridized carbons (Fsp3) is 0.556. The maximum Gasteiger partial charge on any atom is 0.307 e. The van der Waals surface area contributed by atoms with Crippen LogP contribution in [0.15, 0.2) is 6.20 Å². The van der Waals surface area contributed by atoms with Gasteiger partial charge in [-0.15, -0.1) is 5.10 Å². The predicted molar refractivity (Wildman–Crippen MR) is 56.9 cm³/mol. The molecule has 0 bridgehead atoms. The summed E-state index contributed by atoms with van der Waals surface area (Å²) in [5.74, 6) is -2.28. The number of nitrogens with one attached hydrogen (secondary N) is 1. The maximum absolute atomic E-state index is 11.8. The summed E-state index contributed by atoms with van der Waals surface area (Å²) in [5.41, 5.74) is -0.478. The molecule has 6 nitrogen and oxygen atoms in total. The van der Waals surface area contributed by atoms with E-state index in [1.54, 1.807) is 13.8 Å². The molecule has 1 aromatic heterocycles. The van der Waals surface area contributed by atoms with E-state index in [0.29, 0.717) is 5.00 Å².